The van der Waals surface area contributed by atoms with E-state index in [0.29, 0.717) is 16.8 Å². The molecule has 0 fully saturated rings. The molecule has 2 aromatic heterocycles. The first-order valence-electron chi connectivity index (χ1n) is 4.21. The molecule has 0 saturated heterocycles. The van der Waals surface area contributed by atoms with Crippen LogP contribution in [0, 0.1) is 6.92 Å². The van der Waals surface area contributed by atoms with Crippen LogP contribution in [0.15, 0.2) is 8.86 Å². The molecule has 0 amide bonds. The molecule has 15 heavy (non-hydrogen) atoms. The lowest BCUT2D eigenvalue weighted by atomic mass is 10.5. The SMILES string of the molecule is Cc1noc(C(C)Sc2nnc(N)s2)n1. The molecule has 8 heteroatoms. The maximum atomic E-state index is 5.48. The Morgan fingerprint density at radius 3 is 2.80 bits per heavy atom. The number of aromatic nitrogens is 4. The molecule has 0 saturated carbocycles. The average Bonchev–Trinajstić information content (AvgIpc) is 2.75. The molecule has 0 radical (unpaired) electrons. The van der Waals surface area contributed by atoms with Gasteiger partial charge in [0.2, 0.25) is 11.0 Å². The maximum Gasteiger partial charge on any atom is 0.239 e. The molecule has 0 aliphatic carbocycles. The van der Waals surface area contributed by atoms with Crippen molar-refractivity contribution in [1.29, 1.82) is 0 Å². The summed E-state index contributed by atoms with van der Waals surface area (Å²) in [5, 5.41) is 11.9. The molecular weight excluding hydrogens is 234 g/mol. The highest BCUT2D eigenvalue weighted by Crippen LogP contribution is 2.35. The lowest BCUT2D eigenvalue weighted by Crippen LogP contribution is -1.88. The van der Waals surface area contributed by atoms with Crippen molar-refractivity contribution in [2.45, 2.75) is 23.4 Å². The fourth-order valence-corrected chi connectivity index (χ4v) is 2.76. The molecule has 0 aromatic carbocycles. The molecule has 0 spiro atoms. The fraction of sp³-hybridized carbons (Fsp3) is 0.429. The number of aryl methyl sites for hydroxylation is 1. The van der Waals surface area contributed by atoms with Crippen molar-refractivity contribution in [2.24, 2.45) is 0 Å². The number of nitrogen functional groups attached to an aromatic ring is 1. The summed E-state index contributed by atoms with van der Waals surface area (Å²) in [6, 6.07) is 0. The highest BCUT2D eigenvalue weighted by Gasteiger charge is 2.16. The van der Waals surface area contributed by atoms with Gasteiger partial charge in [0.15, 0.2) is 10.2 Å². The average molecular weight is 243 g/mol. The Kier molecular flexibility index (Phi) is 2.87. The summed E-state index contributed by atoms with van der Waals surface area (Å²) in [7, 11) is 0. The van der Waals surface area contributed by atoms with Gasteiger partial charge in [-0.2, -0.15) is 4.98 Å². The highest BCUT2D eigenvalue weighted by molar-refractivity contribution is 8.01. The first-order chi connectivity index (χ1) is 7.15. The van der Waals surface area contributed by atoms with E-state index in [4.69, 9.17) is 10.3 Å². The third kappa shape index (κ3) is 2.45. The normalized spacial score (nSPS) is 12.9. The Hall–Kier alpha value is -1.15. The monoisotopic (exact) mass is 243 g/mol. The molecule has 2 N–H and O–H groups in total. The van der Waals surface area contributed by atoms with Gasteiger partial charge >= 0.3 is 0 Å². The molecule has 1 atom stereocenters. The van der Waals surface area contributed by atoms with Crippen LogP contribution in [0.25, 0.3) is 0 Å². The molecule has 80 valence electrons. The Balaban J connectivity index is 2.06. The van der Waals surface area contributed by atoms with Gasteiger partial charge in [0.1, 0.15) is 0 Å². The van der Waals surface area contributed by atoms with Crippen LogP contribution in [0.3, 0.4) is 0 Å². The minimum absolute atomic E-state index is 0.0542. The largest absolute Gasteiger partial charge is 0.374 e. The van der Waals surface area contributed by atoms with Crippen molar-refractivity contribution < 1.29 is 4.52 Å². The van der Waals surface area contributed by atoms with Crippen molar-refractivity contribution in [3.63, 3.8) is 0 Å². The van der Waals surface area contributed by atoms with Gasteiger partial charge in [0.05, 0.1) is 5.25 Å². The van der Waals surface area contributed by atoms with E-state index in [9.17, 15) is 0 Å². The van der Waals surface area contributed by atoms with Crippen LogP contribution in [0.1, 0.15) is 23.9 Å². The zero-order valence-electron chi connectivity index (χ0n) is 8.17. The van der Waals surface area contributed by atoms with E-state index < -0.39 is 0 Å². The molecule has 2 rings (SSSR count). The highest BCUT2D eigenvalue weighted by atomic mass is 32.2. The number of hydrogen-bond acceptors (Lipinski definition) is 8. The molecule has 2 aromatic rings. The molecule has 2 heterocycles. The van der Waals surface area contributed by atoms with E-state index in [0.717, 1.165) is 4.34 Å². The topological polar surface area (TPSA) is 90.7 Å². The standard InChI is InChI=1S/C7H9N5OS2/c1-3(5-9-4(2)12-13-5)14-7-11-10-6(8)15-7/h3H,1-2H3,(H2,8,10). The van der Waals surface area contributed by atoms with Gasteiger partial charge in [-0.25, -0.2) is 0 Å². The van der Waals surface area contributed by atoms with Crippen molar-refractivity contribution >= 4 is 28.2 Å². The number of anilines is 1. The van der Waals surface area contributed by atoms with Gasteiger partial charge in [-0.15, -0.1) is 10.2 Å². The van der Waals surface area contributed by atoms with Crippen LogP contribution in [-0.4, -0.2) is 20.3 Å². The Morgan fingerprint density at radius 1 is 1.47 bits per heavy atom. The smallest absolute Gasteiger partial charge is 0.239 e. The van der Waals surface area contributed by atoms with Gasteiger partial charge in [0.25, 0.3) is 0 Å². The minimum Gasteiger partial charge on any atom is -0.374 e. The second kappa shape index (κ2) is 4.15. The lowest BCUT2D eigenvalue weighted by molar-refractivity contribution is 0.376. The van der Waals surface area contributed by atoms with Crippen LogP contribution >= 0.6 is 23.1 Å². The van der Waals surface area contributed by atoms with Crippen molar-refractivity contribution in [1.82, 2.24) is 20.3 Å². The quantitative estimate of drug-likeness (QED) is 0.820. The molecule has 1 unspecified atom stereocenters. The van der Waals surface area contributed by atoms with Crippen molar-refractivity contribution in [2.75, 3.05) is 5.73 Å². The fourth-order valence-electron chi connectivity index (χ4n) is 0.948. The summed E-state index contributed by atoms with van der Waals surface area (Å²) in [4.78, 5) is 4.14. The number of rotatable bonds is 3. The van der Waals surface area contributed by atoms with Crippen molar-refractivity contribution in [3.8, 4) is 0 Å². The molecule has 0 bridgehead atoms. The second-order valence-electron chi connectivity index (χ2n) is 2.85. The van der Waals surface area contributed by atoms with E-state index in [1.807, 2.05) is 6.92 Å². The van der Waals surface area contributed by atoms with Gasteiger partial charge in [-0.3, -0.25) is 0 Å². The zero-order chi connectivity index (χ0) is 10.8. The third-order valence-corrected chi connectivity index (χ3v) is 3.51. The van der Waals surface area contributed by atoms with E-state index in [1.165, 1.54) is 23.1 Å². The van der Waals surface area contributed by atoms with Crippen molar-refractivity contribution in [3.05, 3.63) is 11.7 Å². The predicted molar refractivity (Wildman–Crippen MR) is 57.6 cm³/mol. The summed E-state index contributed by atoms with van der Waals surface area (Å²) in [5.74, 6) is 1.22. The van der Waals surface area contributed by atoms with Crippen LogP contribution in [0.4, 0.5) is 5.13 Å². The number of nitrogens with two attached hydrogens (primary N) is 1. The van der Waals surface area contributed by atoms with Crippen LogP contribution in [0.2, 0.25) is 0 Å². The lowest BCUT2D eigenvalue weighted by Gasteiger charge is -2.00. The zero-order valence-corrected chi connectivity index (χ0v) is 9.80. The maximum absolute atomic E-state index is 5.48. The van der Waals surface area contributed by atoms with Crippen LogP contribution in [0.5, 0.6) is 0 Å². The number of hydrogen-bond donors (Lipinski definition) is 1. The first kappa shape index (κ1) is 10.4. The third-order valence-electron chi connectivity index (χ3n) is 1.59. The van der Waals surface area contributed by atoms with Gasteiger partial charge in [-0.05, 0) is 13.8 Å². The van der Waals surface area contributed by atoms with Crippen LogP contribution in [-0.2, 0) is 0 Å². The van der Waals surface area contributed by atoms with E-state index in [-0.39, 0.29) is 5.25 Å². The summed E-state index contributed by atoms with van der Waals surface area (Å²) in [6.45, 7) is 3.75. The Morgan fingerprint density at radius 2 is 2.27 bits per heavy atom. The second-order valence-corrected chi connectivity index (χ2v) is 5.44. The van der Waals surface area contributed by atoms with Gasteiger partial charge in [-0.1, -0.05) is 28.3 Å². The minimum atomic E-state index is 0.0542. The summed E-state index contributed by atoms with van der Waals surface area (Å²) >= 11 is 2.85. The van der Waals surface area contributed by atoms with E-state index >= 15 is 0 Å². The first-order valence-corrected chi connectivity index (χ1v) is 5.90. The van der Waals surface area contributed by atoms with E-state index in [1.54, 1.807) is 6.92 Å². The Bertz CT molecular complexity index is 454. The molecular formula is C7H9N5OS2. The summed E-state index contributed by atoms with van der Waals surface area (Å²) < 4.78 is 5.85. The van der Waals surface area contributed by atoms with E-state index in [2.05, 4.69) is 20.3 Å². The predicted octanol–water partition coefficient (Wildman–Crippen LogP) is 1.67. The molecule has 0 aliphatic rings. The Labute approximate surface area is 94.3 Å². The molecule has 0 aliphatic heterocycles. The van der Waals surface area contributed by atoms with Gasteiger partial charge < -0.3 is 10.3 Å². The molecule has 6 nitrogen and oxygen atoms in total. The number of nitrogens with zero attached hydrogens (tertiary/aromatic N) is 4. The summed E-state index contributed by atoms with van der Waals surface area (Å²) in [5.41, 5.74) is 5.48. The van der Waals surface area contributed by atoms with Gasteiger partial charge in [0, 0.05) is 0 Å². The summed E-state index contributed by atoms with van der Waals surface area (Å²) in [6.07, 6.45) is 0. The number of thioether (sulfide) groups is 1. The van der Waals surface area contributed by atoms with Crippen LogP contribution < -0.4 is 5.73 Å².